The maximum Gasteiger partial charge on any atom is 0.272 e. The summed E-state index contributed by atoms with van der Waals surface area (Å²) in [5, 5.41) is 9.94. The van der Waals surface area contributed by atoms with Crippen molar-refractivity contribution in [3.8, 4) is 6.07 Å². The van der Waals surface area contributed by atoms with Crippen LogP contribution in [0.2, 0.25) is 10.0 Å². The van der Waals surface area contributed by atoms with E-state index in [0.29, 0.717) is 15.6 Å². The summed E-state index contributed by atoms with van der Waals surface area (Å²) in [6.07, 6.45) is 1.44. The van der Waals surface area contributed by atoms with Gasteiger partial charge in [0.2, 0.25) is 0 Å². The van der Waals surface area contributed by atoms with E-state index in [-0.39, 0.29) is 17.6 Å². The fourth-order valence-electron chi connectivity index (χ4n) is 2.02. The van der Waals surface area contributed by atoms with E-state index in [1.165, 1.54) is 17.2 Å². The van der Waals surface area contributed by atoms with Crippen LogP contribution in [0.15, 0.2) is 36.5 Å². The van der Waals surface area contributed by atoms with Crippen molar-refractivity contribution in [2.75, 3.05) is 7.05 Å². The first-order valence-electron chi connectivity index (χ1n) is 6.52. The molecule has 0 N–H and O–H groups in total. The Balaban J connectivity index is 2.28. The molecule has 0 radical (unpaired) electrons. The van der Waals surface area contributed by atoms with E-state index in [0.717, 1.165) is 5.56 Å². The lowest BCUT2D eigenvalue weighted by molar-refractivity contribution is 0.0737. The quantitative estimate of drug-likeness (QED) is 0.849. The van der Waals surface area contributed by atoms with Crippen molar-refractivity contribution in [2.45, 2.75) is 13.0 Å². The standard InChI is InChI=1S/C16H13Cl2N3O/c1-10(13-4-3-12(17)8-14(13)18)21(2)16(22)15-7-11(9-19)5-6-20-15/h3-8,10H,1-2H3/t10-/m0/s1. The van der Waals surface area contributed by atoms with Crippen molar-refractivity contribution >= 4 is 29.1 Å². The first-order valence-corrected chi connectivity index (χ1v) is 7.28. The Bertz CT molecular complexity index is 755. The molecule has 1 atom stereocenters. The molecule has 1 aromatic carbocycles. The Morgan fingerprint density at radius 1 is 1.32 bits per heavy atom. The van der Waals surface area contributed by atoms with Crippen molar-refractivity contribution in [1.82, 2.24) is 9.88 Å². The van der Waals surface area contributed by atoms with Crippen molar-refractivity contribution in [2.24, 2.45) is 0 Å². The van der Waals surface area contributed by atoms with Gasteiger partial charge in [0, 0.05) is 23.3 Å². The molecule has 6 heteroatoms. The smallest absolute Gasteiger partial charge is 0.272 e. The molecule has 0 aliphatic heterocycles. The first kappa shape index (κ1) is 16.3. The average molecular weight is 334 g/mol. The Kier molecular flexibility index (Phi) is 5.02. The van der Waals surface area contributed by atoms with Crippen LogP contribution in [0.4, 0.5) is 0 Å². The number of nitrogens with zero attached hydrogens (tertiary/aromatic N) is 3. The van der Waals surface area contributed by atoms with Gasteiger partial charge in [-0.3, -0.25) is 9.78 Å². The minimum absolute atomic E-state index is 0.221. The maximum atomic E-state index is 12.5. The number of halogens is 2. The van der Waals surface area contributed by atoms with Gasteiger partial charge >= 0.3 is 0 Å². The molecule has 0 saturated carbocycles. The summed E-state index contributed by atoms with van der Waals surface area (Å²) in [7, 11) is 1.67. The molecule has 0 unspecified atom stereocenters. The van der Waals surface area contributed by atoms with Crippen LogP contribution in [0, 0.1) is 11.3 Å². The highest BCUT2D eigenvalue weighted by Crippen LogP contribution is 2.29. The highest BCUT2D eigenvalue weighted by Gasteiger charge is 2.22. The van der Waals surface area contributed by atoms with E-state index >= 15 is 0 Å². The molecular weight excluding hydrogens is 321 g/mol. The van der Waals surface area contributed by atoms with E-state index < -0.39 is 0 Å². The number of hydrogen-bond acceptors (Lipinski definition) is 3. The van der Waals surface area contributed by atoms with E-state index in [9.17, 15) is 4.79 Å². The van der Waals surface area contributed by atoms with Crippen LogP contribution < -0.4 is 0 Å². The molecule has 1 amide bonds. The van der Waals surface area contributed by atoms with Gasteiger partial charge < -0.3 is 4.90 Å². The predicted molar refractivity (Wildman–Crippen MR) is 85.9 cm³/mol. The number of benzene rings is 1. The summed E-state index contributed by atoms with van der Waals surface area (Å²) in [5.41, 5.74) is 1.40. The SMILES string of the molecule is C[C@@H](c1ccc(Cl)cc1Cl)N(C)C(=O)c1cc(C#N)ccn1. The van der Waals surface area contributed by atoms with Gasteiger partial charge in [0.1, 0.15) is 5.69 Å². The van der Waals surface area contributed by atoms with Crippen molar-refractivity contribution in [3.05, 3.63) is 63.4 Å². The number of aromatic nitrogens is 1. The third-order valence-corrected chi connectivity index (χ3v) is 3.98. The second-order valence-electron chi connectivity index (χ2n) is 4.80. The van der Waals surface area contributed by atoms with Gasteiger partial charge in [-0.2, -0.15) is 5.26 Å². The first-order chi connectivity index (χ1) is 10.4. The summed E-state index contributed by atoms with van der Waals surface area (Å²) in [6, 6.07) is 9.91. The Morgan fingerprint density at radius 2 is 2.05 bits per heavy atom. The monoisotopic (exact) mass is 333 g/mol. The maximum absolute atomic E-state index is 12.5. The summed E-state index contributed by atoms with van der Waals surface area (Å²) < 4.78 is 0. The molecular formula is C16H13Cl2N3O. The third-order valence-electron chi connectivity index (χ3n) is 3.42. The largest absolute Gasteiger partial charge is 0.334 e. The third kappa shape index (κ3) is 3.38. The Hall–Kier alpha value is -2.09. The highest BCUT2D eigenvalue weighted by atomic mass is 35.5. The second kappa shape index (κ2) is 6.78. The van der Waals surface area contributed by atoms with Crippen LogP contribution in [0.5, 0.6) is 0 Å². The lowest BCUT2D eigenvalue weighted by Crippen LogP contribution is -2.30. The van der Waals surface area contributed by atoms with Gasteiger partial charge in [0.15, 0.2) is 0 Å². The van der Waals surface area contributed by atoms with E-state index in [2.05, 4.69) is 4.98 Å². The highest BCUT2D eigenvalue weighted by molar-refractivity contribution is 6.35. The number of carbonyl (C=O) groups excluding carboxylic acids is 1. The minimum atomic E-state index is -0.282. The number of nitriles is 1. The van der Waals surface area contributed by atoms with Crippen LogP contribution >= 0.6 is 23.2 Å². The number of pyridine rings is 1. The molecule has 112 valence electrons. The number of rotatable bonds is 3. The van der Waals surface area contributed by atoms with Gasteiger partial charge in [-0.1, -0.05) is 29.3 Å². The fraction of sp³-hybridized carbons (Fsp3) is 0.188. The molecule has 4 nitrogen and oxygen atoms in total. The zero-order valence-corrected chi connectivity index (χ0v) is 13.6. The molecule has 2 rings (SSSR count). The minimum Gasteiger partial charge on any atom is -0.334 e. The summed E-state index contributed by atoms with van der Waals surface area (Å²) >= 11 is 12.1. The lowest BCUT2D eigenvalue weighted by Gasteiger charge is -2.26. The topological polar surface area (TPSA) is 57.0 Å². The molecule has 2 aromatic rings. The van der Waals surface area contributed by atoms with Crippen LogP contribution in [0.3, 0.4) is 0 Å². The van der Waals surface area contributed by atoms with E-state index in [1.54, 1.807) is 31.3 Å². The Morgan fingerprint density at radius 3 is 2.68 bits per heavy atom. The summed E-state index contributed by atoms with van der Waals surface area (Å²) in [5.74, 6) is -0.282. The molecule has 0 saturated heterocycles. The average Bonchev–Trinajstić information content (AvgIpc) is 2.53. The zero-order valence-electron chi connectivity index (χ0n) is 12.0. The van der Waals surface area contributed by atoms with Crippen LogP contribution in [-0.2, 0) is 0 Å². The normalized spacial score (nSPS) is 11.6. The van der Waals surface area contributed by atoms with Crippen molar-refractivity contribution < 1.29 is 4.79 Å². The molecule has 1 aromatic heterocycles. The van der Waals surface area contributed by atoms with Crippen LogP contribution in [0.25, 0.3) is 0 Å². The fourth-order valence-corrected chi connectivity index (χ4v) is 2.59. The van der Waals surface area contributed by atoms with Gasteiger partial charge in [0.05, 0.1) is 17.7 Å². The van der Waals surface area contributed by atoms with Crippen molar-refractivity contribution in [1.29, 1.82) is 5.26 Å². The van der Waals surface area contributed by atoms with Gasteiger partial charge in [0.25, 0.3) is 5.91 Å². The molecule has 0 fully saturated rings. The van der Waals surface area contributed by atoms with Gasteiger partial charge in [-0.15, -0.1) is 0 Å². The molecule has 1 heterocycles. The number of hydrogen-bond donors (Lipinski definition) is 0. The zero-order chi connectivity index (χ0) is 16.3. The van der Waals surface area contributed by atoms with Gasteiger partial charge in [-0.25, -0.2) is 0 Å². The molecule has 22 heavy (non-hydrogen) atoms. The molecule has 0 aliphatic carbocycles. The van der Waals surface area contributed by atoms with E-state index in [4.69, 9.17) is 28.5 Å². The molecule has 0 bridgehead atoms. The molecule has 0 spiro atoms. The lowest BCUT2D eigenvalue weighted by atomic mass is 10.1. The van der Waals surface area contributed by atoms with E-state index in [1.807, 2.05) is 13.0 Å². The number of amides is 1. The Labute approximate surface area is 138 Å². The molecule has 0 aliphatic rings. The van der Waals surface area contributed by atoms with Crippen LogP contribution in [-0.4, -0.2) is 22.8 Å². The second-order valence-corrected chi connectivity index (χ2v) is 5.64. The van der Waals surface area contributed by atoms with Gasteiger partial charge in [-0.05, 0) is 36.8 Å². The van der Waals surface area contributed by atoms with Crippen molar-refractivity contribution in [3.63, 3.8) is 0 Å². The summed E-state index contributed by atoms with van der Waals surface area (Å²) in [4.78, 5) is 18.0. The number of carbonyl (C=O) groups is 1. The van der Waals surface area contributed by atoms with Crippen LogP contribution in [0.1, 0.15) is 34.6 Å². The summed E-state index contributed by atoms with van der Waals surface area (Å²) in [6.45, 7) is 1.86. The predicted octanol–water partition coefficient (Wildman–Crippen LogP) is 4.09.